The van der Waals surface area contributed by atoms with Gasteiger partial charge in [0.25, 0.3) is 0 Å². The van der Waals surface area contributed by atoms with Crippen LogP contribution in [0, 0.1) is 0 Å². The van der Waals surface area contributed by atoms with E-state index in [1.165, 1.54) is 12.8 Å². The summed E-state index contributed by atoms with van der Waals surface area (Å²) in [6.07, 6.45) is 24.2. The zero-order chi connectivity index (χ0) is 12.6. The Balaban J connectivity index is 3.65. The summed E-state index contributed by atoms with van der Waals surface area (Å²) in [6, 6.07) is 0. The average Bonchev–Trinajstić information content (AvgIpc) is 2.35. The molecule has 0 aromatic heterocycles. The Labute approximate surface area is 106 Å². The SMILES string of the molecule is CC=CC=CC=CC=CC=CC=NCCCC. The van der Waals surface area contributed by atoms with E-state index in [4.69, 9.17) is 0 Å². The molecule has 0 unspecified atom stereocenters. The van der Waals surface area contributed by atoms with Crippen molar-refractivity contribution in [3.63, 3.8) is 0 Å². The molecule has 0 aliphatic heterocycles. The van der Waals surface area contributed by atoms with Crippen LogP contribution in [0.3, 0.4) is 0 Å². The number of allylic oxidation sites excluding steroid dienone is 10. The molecule has 0 aliphatic rings. The Morgan fingerprint density at radius 2 is 1.29 bits per heavy atom. The Hall–Kier alpha value is -1.63. The first kappa shape index (κ1) is 15.4. The summed E-state index contributed by atoms with van der Waals surface area (Å²) in [5.74, 6) is 0. The summed E-state index contributed by atoms with van der Waals surface area (Å²) in [6.45, 7) is 5.10. The van der Waals surface area contributed by atoms with Crippen LogP contribution in [-0.4, -0.2) is 12.8 Å². The first-order chi connectivity index (χ1) is 8.41. The van der Waals surface area contributed by atoms with E-state index in [1.807, 2.05) is 73.9 Å². The predicted octanol–water partition coefficient (Wildman–Crippen LogP) is 4.66. The van der Waals surface area contributed by atoms with Gasteiger partial charge in [0.1, 0.15) is 0 Å². The maximum Gasteiger partial charge on any atom is 0.0389 e. The zero-order valence-corrected chi connectivity index (χ0v) is 10.9. The molecule has 92 valence electrons. The van der Waals surface area contributed by atoms with Crippen molar-refractivity contribution in [2.45, 2.75) is 26.7 Å². The molecule has 0 aromatic carbocycles. The topological polar surface area (TPSA) is 12.4 Å². The van der Waals surface area contributed by atoms with E-state index >= 15 is 0 Å². The second-order valence-corrected chi connectivity index (χ2v) is 3.47. The van der Waals surface area contributed by atoms with E-state index in [-0.39, 0.29) is 0 Å². The molecule has 0 spiro atoms. The number of rotatable bonds is 8. The molecule has 0 N–H and O–H groups in total. The van der Waals surface area contributed by atoms with Gasteiger partial charge in [0.05, 0.1) is 0 Å². The Morgan fingerprint density at radius 1 is 0.765 bits per heavy atom. The van der Waals surface area contributed by atoms with Crippen molar-refractivity contribution in [1.82, 2.24) is 0 Å². The van der Waals surface area contributed by atoms with Gasteiger partial charge in [-0.2, -0.15) is 0 Å². The average molecular weight is 229 g/mol. The highest BCUT2D eigenvalue weighted by molar-refractivity contribution is 5.71. The van der Waals surface area contributed by atoms with Crippen LogP contribution in [0.25, 0.3) is 0 Å². The fourth-order valence-electron chi connectivity index (χ4n) is 0.995. The fraction of sp³-hybridized carbons (Fsp3) is 0.312. The summed E-state index contributed by atoms with van der Waals surface area (Å²) in [5, 5.41) is 0. The van der Waals surface area contributed by atoms with E-state index in [9.17, 15) is 0 Å². The number of nitrogens with zero attached hydrogens (tertiary/aromatic N) is 1. The first-order valence-electron chi connectivity index (χ1n) is 6.19. The molecular formula is C16H23N. The van der Waals surface area contributed by atoms with Crippen LogP contribution in [0.15, 0.2) is 65.8 Å². The van der Waals surface area contributed by atoms with Crippen LogP contribution >= 0.6 is 0 Å². The minimum atomic E-state index is 0.931. The molecule has 0 saturated heterocycles. The van der Waals surface area contributed by atoms with Crippen molar-refractivity contribution in [3.05, 3.63) is 60.8 Å². The fourth-order valence-corrected chi connectivity index (χ4v) is 0.995. The van der Waals surface area contributed by atoms with E-state index in [0.717, 1.165) is 6.54 Å². The second kappa shape index (κ2) is 14.4. The highest BCUT2D eigenvalue weighted by Crippen LogP contribution is 1.86. The lowest BCUT2D eigenvalue weighted by Gasteiger charge is -1.85. The van der Waals surface area contributed by atoms with Crippen molar-refractivity contribution < 1.29 is 0 Å². The highest BCUT2D eigenvalue weighted by atomic mass is 14.7. The molecule has 0 amide bonds. The van der Waals surface area contributed by atoms with Gasteiger partial charge in [-0.05, 0) is 19.4 Å². The minimum Gasteiger partial charge on any atom is -0.293 e. The van der Waals surface area contributed by atoms with E-state index < -0.39 is 0 Å². The molecule has 0 bridgehead atoms. The van der Waals surface area contributed by atoms with Crippen LogP contribution in [0.5, 0.6) is 0 Å². The number of aliphatic imine (C=N–C) groups is 1. The molecule has 0 radical (unpaired) electrons. The van der Waals surface area contributed by atoms with Crippen molar-refractivity contribution in [2.75, 3.05) is 6.54 Å². The Kier molecular flexibility index (Phi) is 13.0. The molecule has 0 heterocycles. The first-order valence-corrected chi connectivity index (χ1v) is 6.19. The van der Waals surface area contributed by atoms with Crippen LogP contribution < -0.4 is 0 Å². The summed E-state index contributed by atoms with van der Waals surface area (Å²) in [7, 11) is 0. The van der Waals surface area contributed by atoms with Gasteiger partial charge in [0.15, 0.2) is 0 Å². The molecule has 1 heteroatoms. The van der Waals surface area contributed by atoms with Gasteiger partial charge in [0, 0.05) is 12.8 Å². The molecular weight excluding hydrogens is 206 g/mol. The smallest absolute Gasteiger partial charge is 0.0389 e. The van der Waals surface area contributed by atoms with Gasteiger partial charge in [-0.25, -0.2) is 0 Å². The largest absolute Gasteiger partial charge is 0.293 e. The van der Waals surface area contributed by atoms with Gasteiger partial charge in [-0.15, -0.1) is 0 Å². The lowest BCUT2D eigenvalue weighted by atomic mass is 10.3. The quantitative estimate of drug-likeness (QED) is 0.326. The van der Waals surface area contributed by atoms with Crippen LogP contribution in [-0.2, 0) is 0 Å². The molecule has 0 atom stereocenters. The standard InChI is InChI=1S/C16H23N/c1-3-5-7-8-9-10-11-12-13-14-16-17-15-6-4-2/h3,5,7-14,16H,4,6,15H2,1-2H3. The van der Waals surface area contributed by atoms with Gasteiger partial charge >= 0.3 is 0 Å². The van der Waals surface area contributed by atoms with E-state index in [0.29, 0.717) is 0 Å². The predicted molar refractivity (Wildman–Crippen MR) is 79.6 cm³/mol. The van der Waals surface area contributed by atoms with E-state index in [2.05, 4.69) is 11.9 Å². The molecule has 0 fully saturated rings. The lowest BCUT2D eigenvalue weighted by Crippen LogP contribution is -1.77. The third-order valence-electron chi connectivity index (χ3n) is 1.91. The van der Waals surface area contributed by atoms with Crippen LogP contribution in [0.1, 0.15) is 26.7 Å². The third-order valence-corrected chi connectivity index (χ3v) is 1.91. The Morgan fingerprint density at radius 3 is 1.82 bits per heavy atom. The lowest BCUT2D eigenvalue weighted by molar-refractivity contribution is 0.810. The summed E-state index contributed by atoms with van der Waals surface area (Å²) >= 11 is 0. The number of hydrogen-bond donors (Lipinski definition) is 0. The third kappa shape index (κ3) is 14.4. The van der Waals surface area contributed by atoms with Gasteiger partial charge in [-0.3, -0.25) is 4.99 Å². The van der Waals surface area contributed by atoms with Gasteiger partial charge in [-0.1, -0.05) is 68.0 Å². The van der Waals surface area contributed by atoms with Gasteiger partial charge in [0.2, 0.25) is 0 Å². The van der Waals surface area contributed by atoms with Crippen molar-refractivity contribution >= 4 is 6.21 Å². The number of hydrogen-bond acceptors (Lipinski definition) is 1. The van der Waals surface area contributed by atoms with Gasteiger partial charge < -0.3 is 0 Å². The van der Waals surface area contributed by atoms with Crippen molar-refractivity contribution in [1.29, 1.82) is 0 Å². The highest BCUT2D eigenvalue weighted by Gasteiger charge is 1.74. The molecule has 0 aliphatic carbocycles. The molecule has 0 aromatic rings. The van der Waals surface area contributed by atoms with Crippen molar-refractivity contribution in [3.8, 4) is 0 Å². The molecule has 1 nitrogen and oxygen atoms in total. The maximum atomic E-state index is 4.25. The second-order valence-electron chi connectivity index (χ2n) is 3.47. The zero-order valence-electron chi connectivity index (χ0n) is 10.9. The van der Waals surface area contributed by atoms with Crippen LogP contribution in [0.4, 0.5) is 0 Å². The molecule has 0 rings (SSSR count). The molecule has 0 saturated carbocycles. The van der Waals surface area contributed by atoms with Crippen LogP contribution in [0.2, 0.25) is 0 Å². The minimum absolute atomic E-state index is 0.931. The van der Waals surface area contributed by atoms with E-state index in [1.54, 1.807) is 0 Å². The monoisotopic (exact) mass is 229 g/mol. The van der Waals surface area contributed by atoms with Crippen molar-refractivity contribution in [2.24, 2.45) is 4.99 Å². The maximum absolute atomic E-state index is 4.25. The normalized spacial score (nSPS) is 13.8. The molecule has 17 heavy (non-hydrogen) atoms. The summed E-state index contributed by atoms with van der Waals surface area (Å²) in [4.78, 5) is 4.25. The number of unbranched alkanes of at least 4 members (excludes halogenated alkanes) is 1. The summed E-state index contributed by atoms with van der Waals surface area (Å²) in [5.41, 5.74) is 0. The Bertz CT molecular complexity index is 314. The summed E-state index contributed by atoms with van der Waals surface area (Å²) < 4.78 is 0.